The fraction of sp³-hybridized carbons (Fsp3) is 0.750. The van der Waals surface area contributed by atoms with Gasteiger partial charge in [-0.1, -0.05) is 6.92 Å². The average Bonchev–Trinajstić information content (AvgIpc) is 2.27. The number of hydrogen-bond acceptors (Lipinski definition) is 5. The van der Waals surface area contributed by atoms with Crippen molar-refractivity contribution in [3.8, 4) is 0 Å². The third kappa shape index (κ3) is 9.62. The number of carbonyl (C=O) groups is 3. The summed E-state index contributed by atoms with van der Waals surface area (Å²) >= 11 is 0. The lowest BCUT2D eigenvalue weighted by molar-refractivity contribution is -0.147. The van der Waals surface area contributed by atoms with Gasteiger partial charge in [-0.2, -0.15) is 0 Å². The molecule has 6 nitrogen and oxygen atoms in total. The Kier molecular flexibility index (Phi) is 8.61. The van der Waals surface area contributed by atoms with Crippen LogP contribution in [-0.2, 0) is 23.9 Å². The smallest absolute Gasteiger partial charge is 0.307 e. The number of ether oxygens (including phenoxy) is 2. The van der Waals surface area contributed by atoms with Gasteiger partial charge in [0.05, 0.1) is 18.9 Å². The van der Waals surface area contributed by atoms with E-state index >= 15 is 0 Å². The molecular formula is C12H21NO5. The number of esters is 2. The van der Waals surface area contributed by atoms with Gasteiger partial charge < -0.3 is 14.8 Å². The lowest BCUT2D eigenvalue weighted by Gasteiger charge is -2.08. The Morgan fingerprint density at radius 3 is 2.33 bits per heavy atom. The Bertz CT molecular complexity index is 288. The summed E-state index contributed by atoms with van der Waals surface area (Å²) in [7, 11) is 0. The van der Waals surface area contributed by atoms with Crippen LogP contribution in [0.2, 0.25) is 0 Å². The maximum absolute atomic E-state index is 11.3. The molecule has 0 aliphatic rings. The normalized spacial score (nSPS) is 10.0. The first-order valence-electron chi connectivity index (χ1n) is 6.07. The van der Waals surface area contributed by atoms with Crippen LogP contribution in [0.3, 0.4) is 0 Å². The maximum Gasteiger partial charge on any atom is 0.307 e. The predicted molar refractivity (Wildman–Crippen MR) is 64.7 cm³/mol. The van der Waals surface area contributed by atoms with Crippen molar-refractivity contribution in [1.82, 2.24) is 5.32 Å². The Labute approximate surface area is 107 Å². The molecule has 1 N–H and O–H groups in total. The first-order chi connectivity index (χ1) is 8.45. The van der Waals surface area contributed by atoms with Crippen LogP contribution in [0.1, 0.15) is 40.0 Å². The molecule has 0 bridgehead atoms. The van der Waals surface area contributed by atoms with Gasteiger partial charge in [-0.05, 0) is 13.8 Å². The van der Waals surface area contributed by atoms with E-state index in [4.69, 9.17) is 9.47 Å². The molecule has 18 heavy (non-hydrogen) atoms. The minimum atomic E-state index is -0.345. The minimum Gasteiger partial charge on any atom is -0.465 e. The maximum atomic E-state index is 11.3. The molecule has 0 aliphatic carbocycles. The lowest BCUT2D eigenvalue weighted by atomic mass is 10.3. The summed E-state index contributed by atoms with van der Waals surface area (Å²) < 4.78 is 9.65. The van der Waals surface area contributed by atoms with Crippen molar-refractivity contribution < 1.29 is 23.9 Å². The minimum absolute atomic E-state index is 0.0644. The van der Waals surface area contributed by atoms with Crippen molar-refractivity contribution >= 4 is 17.8 Å². The molecule has 0 aromatic rings. The van der Waals surface area contributed by atoms with E-state index < -0.39 is 0 Å². The first kappa shape index (κ1) is 16.4. The molecule has 0 aromatic carbocycles. The Morgan fingerprint density at radius 1 is 1.11 bits per heavy atom. The second-order valence-corrected chi connectivity index (χ2v) is 3.96. The highest BCUT2D eigenvalue weighted by atomic mass is 16.5. The third-order valence-corrected chi connectivity index (χ3v) is 1.90. The zero-order valence-electron chi connectivity index (χ0n) is 11.2. The van der Waals surface area contributed by atoms with E-state index in [9.17, 15) is 14.4 Å². The van der Waals surface area contributed by atoms with Gasteiger partial charge in [0.1, 0.15) is 6.61 Å². The van der Waals surface area contributed by atoms with Crippen molar-refractivity contribution in [3.63, 3.8) is 0 Å². The van der Waals surface area contributed by atoms with Crippen LogP contribution >= 0.6 is 0 Å². The van der Waals surface area contributed by atoms with Crippen molar-refractivity contribution in [2.24, 2.45) is 0 Å². The average molecular weight is 259 g/mol. The molecule has 0 spiro atoms. The molecule has 6 heteroatoms. The van der Waals surface area contributed by atoms with Crippen LogP contribution < -0.4 is 5.32 Å². The molecule has 0 aliphatic heterocycles. The molecule has 0 radical (unpaired) electrons. The standard InChI is InChI=1S/C12H21NO5/c1-4-11(15)17-8-6-10(14)13-7-5-12(16)18-9(2)3/h9H,4-8H2,1-3H3,(H,13,14). The van der Waals surface area contributed by atoms with Crippen molar-refractivity contribution in [1.29, 1.82) is 0 Å². The van der Waals surface area contributed by atoms with E-state index in [0.717, 1.165) is 0 Å². The SMILES string of the molecule is CCC(=O)OCCC(=O)NCCC(=O)OC(C)C. The molecule has 104 valence electrons. The Balaban J connectivity index is 3.53. The quantitative estimate of drug-likeness (QED) is 0.652. The molecule has 0 unspecified atom stereocenters. The number of rotatable bonds is 8. The zero-order valence-corrected chi connectivity index (χ0v) is 11.2. The van der Waals surface area contributed by atoms with E-state index in [-0.39, 0.29) is 49.9 Å². The van der Waals surface area contributed by atoms with Gasteiger partial charge in [-0.25, -0.2) is 0 Å². The zero-order chi connectivity index (χ0) is 14.0. The van der Waals surface area contributed by atoms with Gasteiger partial charge in [-0.3, -0.25) is 14.4 Å². The second kappa shape index (κ2) is 9.44. The molecule has 0 saturated heterocycles. The second-order valence-electron chi connectivity index (χ2n) is 3.96. The van der Waals surface area contributed by atoms with Crippen molar-refractivity contribution in [2.75, 3.05) is 13.2 Å². The summed E-state index contributed by atoms with van der Waals surface area (Å²) in [4.78, 5) is 33.2. The summed E-state index contributed by atoms with van der Waals surface area (Å²) in [6, 6.07) is 0. The van der Waals surface area contributed by atoms with Gasteiger partial charge in [-0.15, -0.1) is 0 Å². The lowest BCUT2D eigenvalue weighted by Crippen LogP contribution is -2.28. The third-order valence-electron chi connectivity index (χ3n) is 1.90. The van der Waals surface area contributed by atoms with Crippen LogP contribution in [0, 0.1) is 0 Å². The molecule has 0 saturated carbocycles. The van der Waals surface area contributed by atoms with E-state index in [0.29, 0.717) is 6.42 Å². The van der Waals surface area contributed by atoms with Crippen LogP contribution in [0.4, 0.5) is 0 Å². The van der Waals surface area contributed by atoms with Gasteiger partial charge in [0.2, 0.25) is 5.91 Å². The van der Waals surface area contributed by atoms with Crippen LogP contribution in [-0.4, -0.2) is 37.1 Å². The highest BCUT2D eigenvalue weighted by Gasteiger charge is 2.07. The monoisotopic (exact) mass is 259 g/mol. The summed E-state index contributed by atoms with van der Waals surface area (Å²) in [5.74, 6) is -0.928. The highest BCUT2D eigenvalue weighted by molar-refractivity contribution is 5.77. The summed E-state index contributed by atoms with van der Waals surface area (Å²) in [6.07, 6.45) is 0.383. The van der Waals surface area contributed by atoms with Gasteiger partial charge in [0, 0.05) is 13.0 Å². The molecule has 0 heterocycles. The predicted octanol–water partition coefficient (Wildman–Crippen LogP) is 0.788. The Morgan fingerprint density at radius 2 is 1.78 bits per heavy atom. The fourth-order valence-electron chi connectivity index (χ4n) is 1.07. The van der Waals surface area contributed by atoms with Crippen LogP contribution in [0.25, 0.3) is 0 Å². The topological polar surface area (TPSA) is 81.7 Å². The summed E-state index contributed by atoms with van der Waals surface area (Å²) in [6.45, 7) is 5.50. The molecule has 0 atom stereocenters. The Hall–Kier alpha value is -1.59. The summed E-state index contributed by atoms with van der Waals surface area (Å²) in [5.41, 5.74) is 0. The van der Waals surface area contributed by atoms with Gasteiger partial charge in [0.25, 0.3) is 0 Å². The molecule has 0 aromatic heterocycles. The van der Waals surface area contributed by atoms with Crippen LogP contribution in [0.5, 0.6) is 0 Å². The van der Waals surface area contributed by atoms with E-state index in [1.165, 1.54) is 0 Å². The molecule has 1 amide bonds. The number of nitrogens with one attached hydrogen (secondary N) is 1. The van der Waals surface area contributed by atoms with Gasteiger partial charge >= 0.3 is 11.9 Å². The first-order valence-corrected chi connectivity index (χ1v) is 6.07. The number of hydrogen-bond donors (Lipinski definition) is 1. The molecular weight excluding hydrogens is 238 g/mol. The van der Waals surface area contributed by atoms with Crippen molar-refractivity contribution in [2.45, 2.75) is 46.1 Å². The molecule has 0 rings (SSSR count). The van der Waals surface area contributed by atoms with E-state index in [1.807, 2.05) is 0 Å². The largest absolute Gasteiger partial charge is 0.465 e. The van der Waals surface area contributed by atoms with Crippen LogP contribution in [0.15, 0.2) is 0 Å². The van der Waals surface area contributed by atoms with Crippen molar-refractivity contribution in [3.05, 3.63) is 0 Å². The highest BCUT2D eigenvalue weighted by Crippen LogP contribution is 1.93. The number of carbonyl (C=O) groups excluding carboxylic acids is 3. The fourth-order valence-corrected chi connectivity index (χ4v) is 1.07. The summed E-state index contributed by atoms with van der Waals surface area (Å²) in [5, 5.41) is 2.55. The van der Waals surface area contributed by atoms with E-state index in [2.05, 4.69) is 5.32 Å². The molecule has 0 fully saturated rings. The van der Waals surface area contributed by atoms with E-state index in [1.54, 1.807) is 20.8 Å². The van der Waals surface area contributed by atoms with Gasteiger partial charge in [0.15, 0.2) is 0 Å². The number of amides is 1.